The molecular formula is C15H21ClN2O6S. The summed E-state index contributed by atoms with van der Waals surface area (Å²) in [6.45, 7) is 3.26. The summed E-state index contributed by atoms with van der Waals surface area (Å²) in [6, 6.07) is 3.60. The largest absolute Gasteiger partial charge is 0.452 e. The van der Waals surface area contributed by atoms with Gasteiger partial charge in [-0.15, -0.1) is 0 Å². The standard InChI is InChI=1S/C15H21ClN2O6S/c1-5-10(2)17-14(19)9-24-15(20)11-6-7-12(16)13(8-11)25(21,22)18(3)23-4/h6-8,10H,5,9H2,1-4H3,(H,17,19)/t10-/m0/s1. The Kier molecular flexibility index (Phi) is 7.81. The Balaban J connectivity index is 2.92. The highest BCUT2D eigenvalue weighted by molar-refractivity contribution is 7.89. The molecule has 0 unspecified atom stereocenters. The summed E-state index contributed by atoms with van der Waals surface area (Å²) in [5.41, 5.74) is -0.0520. The lowest BCUT2D eigenvalue weighted by molar-refractivity contribution is -0.124. The van der Waals surface area contributed by atoms with Crippen molar-refractivity contribution < 1.29 is 27.6 Å². The second-order valence-electron chi connectivity index (χ2n) is 5.20. The molecule has 0 saturated heterocycles. The third-order valence-corrected chi connectivity index (χ3v) is 5.56. The van der Waals surface area contributed by atoms with Crippen molar-refractivity contribution >= 4 is 33.5 Å². The van der Waals surface area contributed by atoms with E-state index in [9.17, 15) is 18.0 Å². The zero-order chi connectivity index (χ0) is 19.2. The second kappa shape index (κ2) is 9.14. The molecule has 25 heavy (non-hydrogen) atoms. The SMILES string of the molecule is CC[C@H](C)NC(=O)COC(=O)c1ccc(Cl)c(S(=O)(=O)N(C)OC)c1. The molecule has 0 radical (unpaired) electrons. The number of nitrogens with zero attached hydrogens (tertiary/aromatic N) is 1. The van der Waals surface area contributed by atoms with Gasteiger partial charge in [-0.1, -0.05) is 23.0 Å². The van der Waals surface area contributed by atoms with E-state index in [-0.39, 0.29) is 21.5 Å². The Labute approximate surface area is 152 Å². The van der Waals surface area contributed by atoms with Crippen molar-refractivity contribution in [3.05, 3.63) is 28.8 Å². The summed E-state index contributed by atoms with van der Waals surface area (Å²) in [5, 5.41) is 2.57. The summed E-state index contributed by atoms with van der Waals surface area (Å²) < 4.78 is 30.1. The van der Waals surface area contributed by atoms with Crippen LogP contribution < -0.4 is 5.32 Å². The van der Waals surface area contributed by atoms with Crippen LogP contribution in [0.2, 0.25) is 5.02 Å². The van der Waals surface area contributed by atoms with Crippen LogP contribution in [0.15, 0.2) is 23.1 Å². The monoisotopic (exact) mass is 392 g/mol. The number of esters is 1. The van der Waals surface area contributed by atoms with Gasteiger partial charge in [-0.05, 0) is 31.5 Å². The normalized spacial score (nSPS) is 12.7. The van der Waals surface area contributed by atoms with Gasteiger partial charge in [-0.25, -0.2) is 13.2 Å². The average Bonchev–Trinajstić information content (AvgIpc) is 2.58. The van der Waals surface area contributed by atoms with Crippen molar-refractivity contribution in [2.45, 2.75) is 31.2 Å². The van der Waals surface area contributed by atoms with Crippen molar-refractivity contribution in [1.82, 2.24) is 9.79 Å². The first-order valence-electron chi connectivity index (χ1n) is 7.42. The Morgan fingerprint density at radius 1 is 1.36 bits per heavy atom. The molecule has 1 aromatic rings. The van der Waals surface area contributed by atoms with E-state index >= 15 is 0 Å². The fraction of sp³-hybridized carbons (Fsp3) is 0.467. The number of benzene rings is 1. The fourth-order valence-electron chi connectivity index (χ4n) is 1.70. The van der Waals surface area contributed by atoms with Gasteiger partial charge in [-0.3, -0.25) is 9.63 Å². The quantitative estimate of drug-likeness (QED) is 0.532. The molecule has 8 nitrogen and oxygen atoms in total. The van der Waals surface area contributed by atoms with Gasteiger partial charge in [0.05, 0.1) is 17.7 Å². The van der Waals surface area contributed by atoms with Gasteiger partial charge < -0.3 is 10.1 Å². The van der Waals surface area contributed by atoms with Gasteiger partial charge in [0.25, 0.3) is 15.9 Å². The molecule has 1 N–H and O–H groups in total. The third-order valence-electron chi connectivity index (χ3n) is 3.39. The van der Waals surface area contributed by atoms with E-state index < -0.39 is 28.5 Å². The Morgan fingerprint density at radius 2 is 2.00 bits per heavy atom. The van der Waals surface area contributed by atoms with E-state index in [0.717, 1.165) is 12.5 Å². The minimum atomic E-state index is -4.03. The molecular weight excluding hydrogens is 372 g/mol. The van der Waals surface area contributed by atoms with Gasteiger partial charge in [0.2, 0.25) is 0 Å². The van der Waals surface area contributed by atoms with Crippen LogP contribution in [-0.4, -0.2) is 51.6 Å². The van der Waals surface area contributed by atoms with Crippen LogP contribution in [0.4, 0.5) is 0 Å². The molecule has 1 amide bonds. The Hall–Kier alpha value is -1.68. The zero-order valence-corrected chi connectivity index (χ0v) is 16.0. The van der Waals surface area contributed by atoms with E-state index in [2.05, 4.69) is 10.2 Å². The molecule has 0 fully saturated rings. The van der Waals surface area contributed by atoms with Gasteiger partial charge in [0, 0.05) is 13.1 Å². The Bertz CT molecular complexity index is 738. The first-order chi connectivity index (χ1) is 11.6. The number of carbonyl (C=O) groups excluding carboxylic acids is 2. The smallest absolute Gasteiger partial charge is 0.338 e. The molecule has 0 aliphatic heterocycles. The maximum atomic E-state index is 12.3. The summed E-state index contributed by atoms with van der Waals surface area (Å²) in [4.78, 5) is 28.0. The first kappa shape index (κ1) is 21.4. The van der Waals surface area contributed by atoms with Crippen LogP contribution >= 0.6 is 11.6 Å². The molecule has 1 atom stereocenters. The van der Waals surface area contributed by atoms with Crippen LogP contribution in [0.25, 0.3) is 0 Å². The zero-order valence-electron chi connectivity index (χ0n) is 14.4. The summed E-state index contributed by atoms with van der Waals surface area (Å²) in [5.74, 6) is -1.28. The van der Waals surface area contributed by atoms with Crippen LogP contribution in [0, 0.1) is 0 Å². The fourth-order valence-corrected chi connectivity index (χ4v) is 3.17. The van der Waals surface area contributed by atoms with Gasteiger partial charge in [0.15, 0.2) is 6.61 Å². The molecule has 0 aliphatic carbocycles. The molecule has 0 aliphatic rings. The van der Waals surface area contributed by atoms with Crippen molar-refractivity contribution in [2.75, 3.05) is 20.8 Å². The van der Waals surface area contributed by atoms with Gasteiger partial charge in [-0.2, -0.15) is 0 Å². The highest BCUT2D eigenvalue weighted by Crippen LogP contribution is 2.25. The predicted octanol–water partition coefficient (Wildman–Crippen LogP) is 1.59. The molecule has 0 spiro atoms. The minimum absolute atomic E-state index is 0.0388. The number of hydrogen-bond acceptors (Lipinski definition) is 6. The molecule has 0 saturated carbocycles. The van der Waals surface area contributed by atoms with E-state index in [1.54, 1.807) is 0 Å². The van der Waals surface area contributed by atoms with Crippen molar-refractivity contribution in [3.8, 4) is 0 Å². The lowest BCUT2D eigenvalue weighted by Crippen LogP contribution is -2.35. The van der Waals surface area contributed by atoms with E-state index in [0.29, 0.717) is 4.47 Å². The van der Waals surface area contributed by atoms with Crippen LogP contribution in [0.3, 0.4) is 0 Å². The second-order valence-corrected chi connectivity index (χ2v) is 7.51. The Morgan fingerprint density at radius 3 is 2.56 bits per heavy atom. The van der Waals surface area contributed by atoms with Crippen molar-refractivity contribution in [1.29, 1.82) is 0 Å². The van der Waals surface area contributed by atoms with Crippen molar-refractivity contribution in [3.63, 3.8) is 0 Å². The number of amides is 1. The summed E-state index contributed by atoms with van der Waals surface area (Å²) >= 11 is 5.91. The lowest BCUT2D eigenvalue weighted by atomic mass is 10.2. The number of nitrogens with one attached hydrogen (secondary N) is 1. The molecule has 0 aromatic heterocycles. The van der Waals surface area contributed by atoms with E-state index in [1.165, 1.54) is 26.3 Å². The van der Waals surface area contributed by atoms with Crippen LogP contribution in [-0.2, 0) is 24.4 Å². The van der Waals surface area contributed by atoms with Crippen LogP contribution in [0.1, 0.15) is 30.6 Å². The summed E-state index contributed by atoms with van der Waals surface area (Å²) in [6.07, 6.45) is 0.741. The minimum Gasteiger partial charge on any atom is -0.452 e. The number of rotatable bonds is 8. The number of sulfonamides is 1. The molecule has 10 heteroatoms. The average molecular weight is 393 g/mol. The molecule has 1 aromatic carbocycles. The van der Waals surface area contributed by atoms with Crippen LogP contribution in [0.5, 0.6) is 0 Å². The van der Waals surface area contributed by atoms with E-state index in [4.69, 9.17) is 16.3 Å². The van der Waals surface area contributed by atoms with E-state index in [1.807, 2.05) is 13.8 Å². The maximum Gasteiger partial charge on any atom is 0.338 e. The number of hydrogen-bond donors (Lipinski definition) is 1. The highest BCUT2D eigenvalue weighted by Gasteiger charge is 2.25. The molecule has 0 heterocycles. The summed E-state index contributed by atoms with van der Waals surface area (Å²) in [7, 11) is -1.66. The third kappa shape index (κ3) is 5.67. The predicted molar refractivity (Wildman–Crippen MR) is 91.6 cm³/mol. The number of halogens is 1. The molecule has 0 bridgehead atoms. The van der Waals surface area contributed by atoms with Gasteiger partial charge >= 0.3 is 5.97 Å². The van der Waals surface area contributed by atoms with Gasteiger partial charge in [0.1, 0.15) is 4.90 Å². The number of hydroxylamine groups is 1. The highest BCUT2D eigenvalue weighted by atomic mass is 35.5. The lowest BCUT2D eigenvalue weighted by Gasteiger charge is -2.16. The molecule has 1 rings (SSSR count). The van der Waals surface area contributed by atoms with Crippen molar-refractivity contribution in [2.24, 2.45) is 0 Å². The maximum absolute atomic E-state index is 12.3. The number of carbonyl (C=O) groups is 2. The molecule has 140 valence electrons. The first-order valence-corrected chi connectivity index (χ1v) is 9.24. The number of ether oxygens (including phenoxy) is 1. The topological polar surface area (TPSA) is 102 Å².